The van der Waals surface area contributed by atoms with Crippen molar-refractivity contribution in [3.8, 4) is 0 Å². The Morgan fingerprint density at radius 1 is 0.944 bits per heavy atom. The van der Waals surface area contributed by atoms with Crippen molar-refractivity contribution in [2.75, 3.05) is 0 Å². The fourth-order valence-corrected chi connectivity index (χ4v) is 2.22. The minimum Gasteiger partial charge on any atom is -0.746 e. The van der Waals surface area contributed by atoms with Crippen LogP contribution in [0.15, 0.2) is 0 Å². The number of rotatable bonds is 11. The fourth-order valence-electron chi connectivity index (χ4n) is 1.76. The van der Waals surface area contributed by atoms with Gasteiger partial charge in [-0.05, 0) is 12.8 Å². The van der Waals surface area contributed by atoms with Crippen LogP contribution in [0.3, 0.4) is 0 Å². The van der Waals surface area contributed by atoms with Gasteiger partial charge < -0.3 is 4.55 Å². The third-order valence-electron chi connectivity index (χ3n) is 2.85. The van der Waals surface area contributed by atoms with Crippen LogP contribution in [0.5, 0.6) is 0 Å². The van der Waals surface area contributed by atoms with Crippen LogP contribution in [0.4, 0.5) is 4.39 Å². The summed E-state index contributed by atoms with van der Waals surface area (Å²) in [7, 11) is -4.73. The fraction of sp³-hybridized carbons (Fsp3) is 1.00. The molecule has 0 aromatic carbocycles. The van der Waals surface area contributed by atoms with Gasteiger partial charge in [-0.1, -0.05) is 58.3 Å². The van der Waals surface area contributed by atoms with E-state index in [2.05, 4.69) is 6.92 Å². The molecule has 0 aromatic rings. The quantitative estimate of drug-likeness (QED) is 0.317. The number of hydrogen-bond donors (Lipinski definition) is 0. The summed E-state index contributed by atoms with van der Waals surface area (Å²) in [6, 6.07) is 0. The van der Waals surface area contributed by atoms with Gasteiger partial charge in [-0.2, -0.15) is 0 Å². The molecule has 0 amide bonds. The van der Waals surface area contributed by atoms with Gasteiger partial charge in [0.1, 0.15) is 10.1 Å². The summed E-state index contributed by atoms with van der Waals surface area (Å²) in [6.07, 6.45) is 9.49. The summed E-state index contributed by atoms with van der Waals surface area (Å²) >= 11 is 0. The average Bonchev–Trinajstić information content (AvgIpc) is 2.25. The molecule has 18 heavy (non-hydrogen) atoms. The molecule has 6 heteroatoms. The Morgan fingerprint density at radius 3 is 1.72 bits per heavy atom. The molecule has 0 aliphatic heterocycles. The van der Waals surface area contributed by atoms with Crippen LogP contribution in [-0.4, -0.2) is 18.5 Å². The molecule has 0 N–H and O–H groups in total. The van der Waals surface area contributed by atoms with Crippen molar-refractivity contribution in [2.24, 2.45) is 0 Å². The van der Waals surface area contributed by atoms with Crippen molar-refractivity contribution in [1.29, 1.82) is 0 Å². The molecule has 0 aliphatic rings. The van der Waals surface area contributed by atoms with Crippen LogP contribution in [-0.2, 0) is 10.1 Å². The van der Waals surface area contributed by atoms with Gasteiger partial charge in [0.05, 0.1) is 0 Å². The van der Waals surface area contributed by atoms with E-state index < -0.39 is 15.6 Å². The smallest absolute Gasteiger partial charge is 0.746 e. The normalized spacial score (nSPS) is 13.1. The summed E-state index contributed by atoms with van der Waals surface area (Å²) in [5.41, 5.74) is -2.22. The SMILES string of the molecule is CCCCCCCCCCCC(F)S(=O)(=O)[O-].[Li+]. The summed E-state index contributed by atoms with van der Waals surface area (Å²) in [5.74, 6) is 0. The van der Waals surface area contributed by atoms with E-state index in [1.54, 1.807) is 0 Å². The Balaban J connectivity index is 0. The molecular weight excluding hydrogens is 250 g/mol. The summed E-state index contributed by atoms with van der Waals surface area (Å²) in [4.78, 5) is 0. The van der Waals surface area contributed by atoms with Crippen molar-refractivity contribution >= 4 is 10.1 Å². The molecule has 0 fully saturated rings. The van der Waals surface area contributed by atoms with Crippen LogP contribution in [0, 0.1) is 0 Å². The summed E-state index contributed by atoms with van der Waals surface area (Å²) < 4.78 is 43.5. The van der Waals surface area contributed by atoms with Gasteiger partial charge in [0, 0.05) is 0 Å². The predicted octanol–water partition coefficient (Wildman–Crippen LogP) is 0.752. The maximum atomic E-state index is 12.7. The molecule has 0 saturated carbocycles. The van der Waals surface area contributed by atoms with Gasteiger partial charge in [-0.15, -0.1) is 0 Å². The Kier molecular flexibility index (Phi) is 14.4. The second-order valence-corrected chi connectivity index (χ2v) is 6.02. The molecule has 1 unspecified atom stereocenters. The van der Waals surface area contributed by atoms with E-state index >= 15 is 0 Å². The maximum Gasteiger partial charge on any atom is 1.00 e. The number of unbranched alkanes of at least 4 members (excludes halogenated alkanes) is 8. The van der Waals surface area contributed by atoms with Crippen LogP contribution < -0.4 is 18.9 Å². The topological polar surface area (TPSA) is 57.2 Å². The average molecular weight is 274 g/mol. The maximum absolute atomic E-state index is 12.7. The van der Waals surface area contributed by atoms with E-state index in [-0.39, 0.29) is 25.3 Å². The van der Waals surface area contributed by atoms with Crippen LogP contribution in [0.1, 0.15) is 71.1 Å². The van der Waals surface area contributed by atoms with Gasteiger partial charge in [-0.25, -0.2) is 12.8 Å². The van der Waals surface area contributed by atoms with Crippen LogP contribution in [0.25, 0.3) is 0 Å². The minimum absolute atomic E-state index is 0. The van der Waals surface area contributed by atoms with Crippen molar-refractivity contribution in [3.05, 3.63) is 0 Å². The molecular formula is C12H24FLiO3S. The van der Waals surface area contributed by atoms with E-state index in [0.717, 1.165) is 19.3 Å². The van der Waals surface area contributed by atoms with Crippen molar-refractivity contribution in [2.45, 2.75) is 76.6 Å². The Bertz CT molecular complexity index is 270. The number of hydrogen-bond acceptors (Lipinski definition) is 3. The standard InChI is InChI=1S/C12H25FO3S.Li/c1-2-3-4-5-6-7-8-9-10-11-12(13)17(14,15)16;/h12H,2-11H2,1H3,(H,14,15,16);/q;+1/p-1. The molecule has 104 valence electrons. The van der Waals surface area contributed by atoms with E-state index in [4.69, 9.17) is 0 Å². The zero-order chi connectivity index (χ0) is 13.1. The first kappa shape index (κ1) is 20.7. The van der Waals surface area contributed by atoms with Crippen molar-refractivity contribution in [3.63, 3.8) is 0 Å². The number of alkyl halides is 1. The molecule has 0 bridgehead atoms. The number of halogens is 1. The second kappa shape index (κ2) is 12.5. The first-order valence-corrected chi connectivity index (χ1v) is 8.04. The molecule has 1 atom stereocenters. The summed E-state index contributed by atoms with van der Waals surface area (Å²) in [5, 5.41) is 0. The Morgan fingerprint density at radius 2 is 1.33 bits per heavy atom. The Labute approximate surface area is 123 Å². The third-order valence-corrected chi connectivity index (χ3v) is 3.71. The molecule has 0 heterocycles. The molecule has 0 rings (SSSR count). The van der Waals surface area contributed by atoms with E-state index in [0.29, 0.717) is 6.42 Å². The van der Waals surface area contributed by atoms with E-state index in [1.165, 1.54) is 32.1 Å². The van der Waals surface area contributed by atoms with Crippen molar-refractivity contribution in [1.82, 2.24) is 0 Å². The van der Waals surface area contributed by atoms with Crippen LogP contribution in [0.2, 0.25) is 0 Å². The van der Waals surface area contributed by atoms with E-state index in [1.807, 2.05) is 0 Å². The summed E-state index contributed by atoms with van der Waals surface area (Å²) in [6.45, 7) is 2.18. The first-order valence-electron chi connectivity index (χ1n) is 6.57. The first-order chi connectivity index (χ1) is 7.98. The predicted molar refractivity (Wildman–Crippen MR) is 66.4 cm³/mol. The van der Waals surface area contributed by atoms with Gasteiger partial charge in [-0.3, -0.25) is 0 Å². The largest absolute Gasteiger partial charge is 1.00 e. The van der Waals surface area contributed by atoms with E-state index in [9.17, 15) is 17.4 Å². The van der Waals surface area contributed by atoms with Gasteiger partial charge in [0.25, 0.3) is 0 Å². The van der Waals surface area contributed by atoms with Gasteiger partial charge in [0.2, 0.25) is 0 Å². The molecule has 0 spiro atoms. The third kappa shape index (κ3) is 12.9. The van der Waals surface area contributed by atoms with Crippen molar-refractivity contribution < 1.29 is 36.2 Å². The zero-order valence-electron chi connectivity index (χ0n) is 11.7. The molecule has 3 nitrogen and oxygen atoms in total. The van der Waals surface area contributed by atoms with Gasteiger partial charge in [0.15, 0.2) is 5.50 Å². The van der Waals surface area contributed by atoms with Gasteiger partial charge >= 0.3 is 18.9 Å². The second-order valence-electron chi connectivity index (χ2n) is 4.52. The van der Waals surface area contributed by atoms with Crippen LogP contribution >= 0.6 is 0 Å². The monoisotopic (exact) mass is 274 g/mol. The molecule has 0 radical (unpaired) electrons. The molecule has 0 aromatic heterocycles. The minimum atomic E-state index is -4.73. The molecule has 0 aliphatic carbocycles. The Hall–Kier alpha value is 0.437. The zero-order valence-corrected chi connectivity index (χ0v) is 12.5. The molecule has 0 saturated heterocycles.